The topological polar surface area (TPSA) is 29.1 Å². The average molecular weight is 284 g/mol. The van der Waals surface area contributed by atoms with Gasteiger partial charge < -0.3 is 5.32 Å². The van der Waals surface area contributed by atoms with Crippen LogP contribution in [0.15, 0.2) is 36.4 Å². The number of carbonyl (C=O) groups excluding carboxylic acids is 1. The highest BCUT2D eigenvalue weighted by Gasteiger charge is 2.28. The molecule has 2 aromatic rings. The minimum absolute atomic E-state index is 0.0683. The van der Waals surface area contributed by atoms with E-state index in [9.17, 15) is 4.79 Å². The first-order valence-electron chi connectivity index (χ1n) is 6.94. The molecule has 1 N–H and O–H groups in total. The second-order valence-electron chi connectivity index (χ2n) is 5.58. The lowest BCUT2D eigenvalue weighted by Crippen LogP contribution is -2.03. The fourth-order valence-electron chi connectivity index (χ4n) is 2.96. The minimum atomic E-state index is 0.0683. The largest absolute Gasteiger partial charge is 0.326 e. The minimum Gasteiger partial charge on any atom is -0.326 e. The summed E-state index contributed by atoms with van der Waals surface area (Å²) >= 11 is 6.43. The van der Waals surface area contributed by atoms with Crippen molar-refractivity contribution in [1.82, 2.24) is 0 Å². The molecule has 1 heterocycles. The third-order valence-electron chi connectivity index (χ3n) is 4.08. The molecular weight excluding hydrogens is 270 g/mol. The van der Waals surface area contributed by atoms with Gasteiger partial charge in [-0.05, 0) is 53.6 Å². The Morgan fingerprint density at radius 2 is 2.00 bits per heavy atom. The Hall–Kier alpha value is -1.80. The van der Waals surface area contributed by atoms with E-state index >= 15 is 0 Å². The maximum Gasteiger partial charge on any atom is 0.228 e. The quantitative estimate of drug-likeness (QED) is 0.871. The molecule has 2 aliphatic rings. The van der Waals surface area contributed by atoms with Crippen LogP contribution >= 0.6 is 11.6 Å². The zero-order valence-corrected chi connectivity index (χ0v) is 11.7. The second kappa shape index (κ2) is 4.35. The van der Waals surface area contributed by atoms with E-state index in [0.29, 0.717) is 12.3 Å². The normalized spacial score (nSPS) is 16.9. The van der Waals surface area contributed by atoms with Crippen LogP contribution in [0.1, 0.15) is 29.9 Å². The molecule has 3 heteroatoms. The first kappa shape index (κ1) is 12.0. The molecule has 100 valence electrons. The van der Waals surface area contributed by atoms with Gasteiger partial charge in [0.05, 0.1) is 6.42 Å². The van der Waals surface area contributed by atoms with Gasteiger partial charge in [-0.3, -0.25) is 4.79 Å². The van der Waals surface area contributed by atoms with Crippen molar-refractivity contribution in [3.63, 3.8) is 0 Å². The van der Waals surface area contributed by atoms with Gasteiger partial charge in [0.1, 0.15) is 0 Å². The predicted molar refractivity (Wildman–Crippen MR) is 81.2 cm³/mol. The summed E-state index contributed by atoms with van der Waals surface area (Å²) in [4.78, 5) is 11.5. The highest BCUT2D eigenvalue weighted by Crippen LogP contribution is 2.47. The van der Waals surface area contributed by atoms with E-state index < -0.39 is 0 Å². The molecule has 1 aliphatic heterocycles. The second-order valence-corrected chi connectivity index (χ2v) is 5.98. The summed E-state index contributed by atoms with van der Waals surface area (Å²) in [7, 11) is 0. The lowest BCUT2D eigenvalue weighted by Gasteiger charge is -2.12. The molecule has 0 aromatic heterocycles. The Balaban J connectivity index is 1.86. The maximum absolute atomic E-state index is 11.5. The van der Waals surface area contributed by atoms with Crippen LogP contribution in [0.2, 0.25) is 5.02 Å². The fraction of sp³-hybridized carbons (Fsp3) is 0.235. The molecule has 0 saturated heterocycles. The van der Waals surface area contributed by atoms with E-state index in [-0.39, 0.29) is 5.91 Å². The highest BCUT2D eigenvalue weighted by atomic mass is 35.5. The molecule has 1 amide bonds. The third-order valence-corrected chi connectivity index (χ3v) is 4.40. The van der Waals surface area contributed by atoms with Gasteiger partial charge in [-0.1, -0.05) is 29.8 Å². The van der Waals surface area contributed by atoms with Gasteiger partial charge in [-0.15, -0.1) is 0 Å². The molecule has 0 unspecified atom stereocenters. The standard InChI is InChI=1S/C17H14ClNO/c18-14-3-1-2-13(10-4-5-10)17(14)11-6-7-15-12(8-11)9-16(20)19-15/h1-3,6-8,10H,4-5,9H2,(H,19,20). The zero-order chi connectivity index (χ0) is 13.7. The first-order valence-corrected chi connectivity index (χ1v) is 7.32. The van der Waals surface area contributed by atoms with Crippen LogP contribution in [0.3, 0.4) is 0 Å². The van der Waals surface area contributed by atoms with Gasteiger partial charge in [0, 0.05) is 16.3 Å². The van der Waals surface area contributed by atoms with Gasteiger partial charge >= 0.3 is 0 Å². The molecule has 1 saturated carbocycles. The van der Waals surface area contributed by atoms with Gasteiger partial charge in [0.15, 0.2) is 0 Å². The highest BCUT2D eigenvalue weighted by molar-refractivity contribution is 6.33. The molecule has 4 rings (SSSR count). The summed E-state index contributed by atoms with van der Waals surface area (Å²) in [6.07, 6.45) is 2.96. The van der Waals surface area contributed by atoms with E-state index in [4.69, 9.17) is 11.6 Å². The predicted octanol–water partition coefficient (Wildman–Crippen LogP) is 4.38. The molecule has 1 aliphatic carbocycles. The van der Waals surface area contributed by atoms with Crippen LogP contribution < -0.4 is 5.32 Å². The van der Waals surface area contributed by atoms with Crippen LogP contribution in [0.4, 0.5) is 5.69 Å². The summed E-state index contributed by atoms with van der Waals surface area (Å²) in [5.74, 6) is 0.718. The SMILES string of the molecule is O=C1Cc2cc(-c3c(Cl)cccc3C3CC3)ccc2N1. The van der Waals surface area contributed by atoms with E-state index in [2.05, 4.69) is 23.5 Å². The summed E-state index contributed by atoms with van der Waals surface area (Å²) < 4.78 is 0. The number of hydrogen-bond acceptors (Lipinski definition) is 1. The number of carbonyl (C=O) groups is 1. The lowest BCUT2D eigenvalue weighted by atomic mass is 9.95. The van der Waals surface area contributed by atoms with Gasteiger partial charge in [-0.2, -0.15) is 0 Å². The molecule has 20 heavy (non-hydrogen) atoms. The average Bonchev–Trinajstić information content (AvgIpc) is 3.19. The number of amides is 1. The molecule has 1 fully saturated rings. The summed E-state index contributed by atoms with van der Waals surface area (Å²) in [6, 6.07) is 12.3. The number of hydrogen-bond donors (Lipinski definition) is 1. The van der Waals surface area contributed by atoms with Crippen molar-refractivity contribution in [3.8, 4) is 11.1 Å². The molecular formula is C17H14ClNO. The Labute approximate surface area is 122 Å². The van der Waals surface area contributed by atoms with E-state index in [1.54, 1.807) is 0 Å². The summed E-state index contributed by atoms with van der Waals surface area (Å²) in [6.45, 7) is 0. The van der Waals surface area contributed by atoms with Gasteiger partial charge in [0.2, 0.25) is 5.91 Å². The van der Waals surface area contributed by atoms with E-state index in [1.165, 1.54) is 18.4 Å². The van der Waals surface area contributed by atoms with Gasteiger partial charge in [-0.25, -0.2) is 0 Å². The number of halogens is 1. The maximum atomic E-state index is 11.5. The molecule has 0 spiro atoms. The Morgan fingerprint density at radius 3 is 2.80 bits per heavy atom. The number of fused-ring (bicyclic) bond motifs is 1. The molecule has 2 aromatic carbocycles. The molecule has 0 bridgehead atoms. The molecule has 2 nitrogen and oxygen atoms in total. The molecule has 0 radical (unpaired) electrons. The van der Waals surface area contributed by atoms with Crippen LogP contribution in [-0.4, -0.2) is 5.91 Å². The Morgan fingerprint density at radius 1 is 1.15 bits per heavy atom. The summed E-state index contributed by atoms with van der Waals surface area (Å²) in [5, 5.41) is 3.67. The zero-order valence-electron chi connectivity index (χ0n) is 10.9. The van der Waals surface area contributed by atoms with E-state index in [0.717, 1.165) is 27.4 Å². The smallest absolute Gasteiger partial charge is 0.228 e. The number of rotatable bonds is 2. The monoisotopic (exact) mass is 283 g/mol. The summed E-state index contributed by atoms with van der Waals surface area (Å²) in [5.41, 5.74) is 5.59. The van der Waals surface area contributed by atoms with Crippen LogP contribution in [0.5, 0.6) is 0 Å². The van der Waals surface area contributed by atoms with Crippen molar-refractivity contribution in [2.75, 3.05) is 5.32 Å². The van der Waals surface area contributed by atoms with Crippen molar-refractivity contribution in [3.05, 3.63) is 52.5 Å². The van der Waals surface area contributed by atoms with Gasteiger partial charge in [0.25, 0.3) is 0 Å². The van der Waals surface area contributed by atoms with Crippen LogP contribution in [0.25, 0.3) is 11.1 Å². The van der Waals surface area contributed by atoms with Crippen molar-refractivity contribution in [2.45, 2.75) is 25.2 Å². The third kappa shape index (κ3) is 1.92. The van der Waals surface area contributed by atoms with E-state index in [1.807, 2.05) is 18.2 Å². The van der Waals surface area contributed by atoms with Crippen molar-refractivity contribution >= 4 is 23.2 Å². The fourth-order valence-corrected chi connectivity index (χ4v) is 3.26. The first-order chi connectivity index (χ1) is 9.72. The Bertz CT molecular complexity index is 719. The van der Waals surface area contributed by atoms with Crippen LogP contribution in [0, 0.1) is 0 Å². The van der Waals surface area contributed by atoms with Crippen molar-refractivity contribution < 1.29 is 4.79 Å². The number of benzene rings is 2. The van der Waals surface area contributed by atoms with Crippen molar-refractivity contribution in [2.24, 2.45) is 0 Å². The number of nitrogens with one attached hydrogen (secondary N) is 1. The van der Waals surface area contributed by atoms with Crippen LogP contribution in [-0.2, 0) is 11.2 Å². The van der Waals surface area contributed by atoms with Crippen molar-refractivity contribution in [1.29, 1.82) is 0 Å². The lowest BCUT2D eigenvalue weighted by molar-refractivity contribution is -0.115. The number of anilines is 1. The molecule has 0 atom stereocenters. The Kier molecular flexibility index (Phi) is 2.61.